The molecule has 1 heterocycles. The van der Waals surface area contributed by atoms with E-state index in [1.54, 1.807) is 0 Å². The van der Waals surface area contributed by atoms with Crippen LogP contribution in [0.15, 0.2) is 10.7 Å². The van der Waals surface area contributed by atoms with Gasteiger partial charge in [0.25, 0.3) is 0 Å². The SMILES string of the molecule is CC1CCCCC1CNc1cc(Br)nc(C(C)(C)C)n1. The van der Waals surface area contributed by atoms with Gasteiger partial charge in [0, 0.05) is 18.0 Å². The maximum Gasteiger partial charge on any atom is 0.137 e. The summed E-state index contributed by atoms with van der Waals surface area (Å²) in [6.45, 7) is 9.82. The van der Waals surface area contributed by atoms with Crippen LogP contribution in [-0.4, -0.2) is 16.5 Å². The Balaban J connectivity index is 2.04. The quantitative estimate of drug-likeness (QED) is 0.805. The van der Waals surface area contributed by atoms with Crippen molar-refractivity contribution in [3.05, 3.63) is 16.5 Å². The summed E-state index contributed by atoms with van der Waals surface area (Å²) >= 11 is 3.49. The van der Waals surface area contributed by atoms with E-state index in [1.807, 2.05) is 6.07 Å². The zero-order chi connectivity index (χ0) is 14.8. The van der Waals surface area contributed by atoms with Gasteiger partial charge in [-0.2, -0.15) is 0 Å². The van der Waals surface area contributed by atoms with Crippen LogP contribution >= 0.6 is 15.9 Å². The second-order valence-electron chi connectivity index (χ2n) is 7.05. The zero-order valence-corrected chi connectivity index (χ0v) is 14.6. The Labute approximate surface area is 131 Å². The Hall–Kier alpha value is -0.640. The fourth-order valence-corrected chi connectivity index (χ4v) is 3.16. The second kappa shape index (κ2) is 6.42. The number of anilines is 1. The standard InChI is InChI=1S/C16H26BrN3/c1-11-7-5-6-8-12(11)10-18-14-9-13(17)19-15(20-14)16(2,3)4/h9,11-12H,5-8,10H2,1-4H3,(H,18,19,20). The molecule has 0 amide bonds. The van der Waals surface area contributed by atoms with E-state index in [0.29, 0.717) is 0 Å². The summed E-state index contributed by atoms with van der Waals surface area (Å²) in [5, 5.41) is 3.52. The molecule has 0 saturated heterocycles. The third-order valence-corrected chi connectivity index (χ3v) is 4.61. The van der Waals surface area contributed by atoms with Gasteiger partial charge in [0.05, 0.1) is 0 Å². The largest absolute Gasteiger partial charge is 0.370 e. The van der Waals surface area contributed by atoms with Gasteiger partial charge in [-0.15, -0.1) is 0 Å². The molecule has 112 valence electrons. The number of halogens is 1. The molecule has 0 radical (unpaired) electrons. The van der Waals surface area contributed by atoms with E-state index in [1.165, 1.54) is 25.7 Å². The number of hydrogen-bond acceptors (Lipinski definition) is 3. The summed E-state index contributed by atoms with van der Waals surface area (Å²) in [7, 11) is 0. The van der Waals surface area contributed by atoms with E-state index in [4.69, 9.17) is 0 Å². The predicted octanol–water partition coefficient (Wildman–Crippen LogP) is 4.77. The van der Waals surface area contributed by atoms with E-state index >= 15 is 0 Å². The minimum atomic E-state index is -0.0294. The van der Waals surface area contributed by atoms with Gasteiger partial charge in [0.1, 0.15) is 16.2 Å². The van der Waals surface area contributed by atoms with Crippen molar-refractivity contribution in [1.29, 1.82) is 0 Å². The first-order chi connectivity index (χ1) is 9.36. The lowest BCUT2D eigenvalue weighted by molar-refractivity contribution is 0.268. The molecule has 2 unspecified atom stereocenters. The van der Waals surface area contributed by atoms with Gasteiger partial charge in [-0.25, -0.2) is 9.97 Å². The molecule has 1 aliphatic carbocycles. The minimum Gasteiger partial charge on any atom is -0.370 e. The number of aromatic nitrogens is 2. The van der Waals surface area contributed by atoms with Crippen molar-refractivity contribution >= 4 is 21.7 Å². The van der Waals surface area contributed by atoms with Crippen LogP contribution in [-0.2, 0) is 5.41 Å². The van der Waals surface area contributed by atoms with Crippen LogP contribution in [0.2, 0.25) is 0 Å². The van der Waals surface area contributed by atoms with Gasteiger partial charge in [0.15, 0.2) is 0 Å². The predicted molar refractivity (Wildman–Crippen MR) is 88.0 cm³/mol. The molecule has 0 bridgehead atoms. The summed E-state index contributed by atoms with van der Waals surface area (Å²) in [6.07, 6.45) is 5.47. The fourth-order valence-electron chi connectivity index (χ4n) is 2.78. The molecule has 0 spiro atoms. The molecule has 2 atom stereocenters. The molecule has 1 aliphatic rings. The second-order valence-corrected chi connectivity index (χ2v) is 7.86. The Morgan fingerprint density at radius 1 is 1.25 bits per heavy atom. The molecule has 20 heavy (non-hydrogen) atoms. The molecule has 1 fully saturated rings. The van der Waals surface area contributed by atoms with E-state index in [-0.39, 0.29) is 5.41 Å². The highest BCUT2D eigenvalue weighted by molar-refractivity contribution is 9.10. The lowest BCUT2D eigenvalue weighted by Crippen LogP contribution is -2.25. The highest BCUT2D eigenvalue weighted by atomic mass is 79.9. The Morgan fingerprint density at radius 3 is 2.60 bits per heavy atom. The van der Waals surface area contributed by atoms with Gasteiger partial charge in [-0.05, 0) is 34.2 Å². The first-order valence-corrected chi connectivity index (χ1v) is 8.44. The maximum absolute atomic E-state index is 4.66. The Kier molecular flexibility index (Phi) is 5.05. The zero-order valence-electron chi connectivity index (χ0n) is 13.0. The van der Waals surface area contributed by atoms with Gasteiger partial charge in [-0.3, -0.25) is 0 Å². The number of nitrogens with one attached hydrogen (secondary N) is 1. The Bertz CT molecular complexity index is 454. The molecule has 4 heteroatoms. The van der Waals surface area contributed by atoms with Crippen LogP contribution in [0.5, 0.6) is 0 Å². The molecule has 0 aliphatic heterocycles. The normalized spacial score (nSPS) is 23.6. The van der Waals surface area contributed by atoms with Crippen molar-refractivity contribution in [2.24, 2.45) is 11.8 Å². The van der Waals surface area contributed by atoms with Crippen LogP contribution in [0.25, 0.3) is 0 Å². The summed E-state index contributed by atoms with van der Waals surface area (Å²) in [6, 6.07) is 1.97. The van der Waals surface area contributed by atoms with E-state index in [0.717, 1.165) is 34.6 Å². The van der Waals surface area contributed by atoms with Gasteiger partial charge in [0.2, 0.25) is 0 Å². The molecule has 1 N–H and O–H groups in total. The van der Waals surface area contributed by atoms with Crippen molar-refractivity contribution in [1.82, 2.24) is 9.97 Å². The average molecular weight is 340 g/mol. The summed E-state index contributed by atoms with van der Waals surface area (Å²) in [5.74, 6) is 3.42. The Morgan fingerprint density at radius 2 is 1.95 bits per heavy atom. The molecular weight excluding hydrogens is 314 g/mol. The monoisotopic (exact) mass is 339 g/mol. The maximum atomic E-state index is 4.66. The molecule has 1 aromatic heterocycles. The summed E-state index contributed by atoms with van der Waals surface area (Å²) in [5.41, 5.74) is -0.0294. The summed E-state index contributed by atoms with van der Waals surface area (Å²) in [4.78, 5) is 9.14. The number of hydrogen-bond donors (Lipinski definition) is 1. The van der Waals surface area contributed by atoms with Gasteiger partial charge < -0.3 is 5.32 Å². The third-order valence-electron chi connectivity index (χ3n) is 4.20. The van der Waals surface area contributed by atoms with Gasteiger partial charge >= 0.3 is 0 Å². The topological polar surface area (TPSA) is 37.8 Å². The molecule has 3 nitrogen and oxygen atoms in total. The lowest BCUT2D eigenvalue weighted by atomic mass is 9.80. The van der Waals surface area contributed by atoms with E-state index in [2.05, 4.69) is 58.9 Å². The molecule has 1 saturated carbocycles. The van der Waals surface area contributed by atoms with E-state index < -0.39 is 0 Å². The minimum absolute atomic E-state index is 0.0294. The third kappa shape index (κ3) is 4.18. The molecule has 1 aromatic rings. The number of nitrogens with zero attached hydrogens (tertiary/aromatic N) is 2. The van der Waals surface area contributed by atoms with Gasteiger partial charge in [-0.1, -0.05) is 47.0 Å². The van der Waals surface area contributed by atoms with Crippen molar-refractivity contribution in [2.45, 2.75) is 58.8 Å². The van der Waals surface area contributed by atoms with Crippen molar-refractivity contribution < 1.29 is 0 Å². The highest BCUT2D eigenvalue weighted by Crippen LogP contribution is 2.30. The first-order valence-electron chi connectivity index (χ1n) is 7.65. The molecule has 0 aromatic carbocycles. The van der Waals surface area contributed by atoms with Crippen LogP contribution in [0.1, 0.15) is 59.2 Å². The molecule has 2 rings (SSSR count). The molecular formula is C16H26BrN3. The fraction of sp³-hybridized carbons (Fsp3) is 0.750. The smallest absolute Gasteiger partial charge is 0.137 e. The lowest BCUT2D eigenvalue weighted by Gasteiger charge is -2.29. The highest BCUT2D eigenvalue weighted by Gasteiger charge is 2.22. The first kappa shape index (κ1) is 15.7. The van der Waals surface area contributed by atoms with Crippen molar-refractivity contribution in [3.63, 3.8) is 0 Å². The van der Waals surface area contributed by atoms with Crippen LogP contribution in [0, 0.1) is 11.8 Å². The summed E-state index contributed by atoms with van der Waals surface area (Å²) < 4.78 is 0.858. The average Bonchev–Trinajstić information content (AvgIpc) is 2.36. The van der Waals surface area contributed by atoms with E-state index in [9.17, 15) is 0 Å². The van der Waals surface area contributed by atoms with Crippen LogP contribution < -0.4 is 5.32 Å². The van der Waals surface area contributed by atoms with Crippen LogP contribution in [0.3, 0.4) is 0 Å². The van der Waals surface area contributed by atoms with Crippen LogP contribution in [0.4, 0.5) is 5.82 Å². The van der Waals surface area contributed by atoms with Crippen molar-refractivity contribution in [2.75, 3.05) is 11.9 Å². The van der Waals surface area contributed by atoms with Crippen molar-refractivity contribution in [3.8, 4) is 0 Å². The number of rotatable bonds is 3.